The molecule has 1 heteroatoms. The Labute approximate surface area is 167 Å². The summed E-state index contributed by atoms with van der Waals surface area (Å²) in [6.07, 6.45) is 8.47. The molecule has 27 heavy (non-hydrogen) atoms. The third kappa shape index (κ3) is 3.99. The minimum Gasteiger partial charge on any atom is -0.300 e. The van der Waals surface area contributed by atoms with Crippen LogP contribution in [0.2, 0.25) is 0 Å². The van der Waals surface area contributed by atoms with E-state index in [0.717, 1.165) is 12.3 Å². The van der Waals surface area contributed by atoms with Crippen LogP contribution in [0.1, 0.15) is 70.8 Å². The molecule has 2 atom stereocenters. The summed E-state index contributed by atoms with van der Waals surface area (Å²) < 4.78 is 9.69. The molecular formula is C26H35N. The molecule has 3 saturated heterocycles. The average Bonchev–Trinajstić information content (AvgIpc) is 2.78. The fraction of sp³-hybridized carbons (Fsp3) is 0.538. The lowest BCUT2D eigenvalue weighted by Gasteiger charge is -2.49. The van der Waals surface area contributed by atoms with E-state index in [1.165, 1.54) is 62.7 Å². The molecule has 144 valence electrons. The summed E-state index contributed by atoms with van der Waals surface area (Å²) >= 11 is 0. The molecular weight excluding hydrogens is 326 g/mol. The van der Waals surface area contributed by atoms with Crippen molar-refractivity contribution in [1.29, 1.82) is 0 Å². The molecule has 2 aromatic rings. The van der Waals surface area contributed by atoms with Crippen LogP contribution in [0.4, 0.5) is 0 Å². The van der Waals surface area contributed by atoms with Crippen LogP contribution in [0, 0.1) is 5.92 Å². The third-order valence-corrected chi connectivity index (χ3v) is 6.92. The quantitative estimate of drug-likeness (QED) is 0.489. The molecule has 3 heterocycles. The summed E-state index contributed by atoms with van der Waals surface area (Å²) in [7, 11) is 0. The van der Waals surface area contributed by atoms with Gasteiger partial charge in [0.05, 0.1) is 0 Å². The first-order valence-corrected chi connectivity index (χ1v) is 11.0. The van der Waals surface area contributed by atoms with Crippen molar-refractivity contribution in [3.63, 3.8) is 0 Å². The van der Waals surface area contributed by atoms with Crippen LogP contribution >= 0.6 is 0 Å². The highest BCUT2D eigenvalue weighted by atomic mass is 15.2. The number of benzene rings is 2. The molecule has 0 aliphatic carbocycles. The van der Waals surface area contributed by atoms with Gasteiger partial charge in [-0.2, -0.15) is 0 Å². The van der Waals surface area contributed by atoms with E-state index < -0.39 is 0 Å². The number of hydrogen-bond donors (Lipinski definition) is 0. The van der Waals surface area contributed by atoms with E-state index in [2.05, 4.69) is 72.5 Å². The normalized spacial score (nSPS) is 26.6. The fourth-order valence-electron chi connectivity index (χ4n) is 5.37. The molecule has 0 saturated carbocycles. The topological polar surface area (TPSA) is 3.24 Å². The lowest BCUT2D eigenvalue weighted by molar-refractivity contribution is 0.0343. The fourth-order valence-corrected chi connectivity index (χ4v) is 5.37. The van der Waals surface area contributed by atoms with Crippen molar-refractivity contribution in [2.24, 2.45) is 5.92 Å². The van der Waals surface area contributed by atoms with Gasteiger partial charge in [0, 0.05) is 12.8 Å². The summed E-state index contributed by atoms with van der Waals surface area (Å²) in [5.74, 6) is 0.836. The van der Waals surface area contributed by atoms with Crippen molar-refractivity contribution in [2.75, 3.05) is 13.1 Å². The minimum absolute atomic E-state index is 0.128. The molecule has 0 spiro atoms. The smallest absolute Gasteiger partial charge is 0.0295 e. The van der Waals surface area contributed by atoms with Gasteiger partial charge in [0.1, 0.15) is 0 Å². The lowest BCUT2D eigenvalue weighted by Crippen LogP contribution is -2.51. The molecule has 1 nitrogen and oxygen atoms in total. The molecule has 0 radical (unpaired) electrons. The van der Waals surface area contributed by atoms with Gasteiger partial charge in [-0.25, -0.2) is 0 Å². The predicted molar refractivity (Wildman–Crippen MR) is 115 cm³/mol. The number of piperidine rings is 3. The molecule has 3 aliphatic rings. The van der Waals surface area contributed by atoms with E-state index in [-0.39, 0.29) is 11.8 Å². The number of fused-ring (bicyclic) bond motifs is 3. The number of nitrogens with zero attached hydrogens (tertiary/aromatic N) is 1. The van der Waals surface area contributed by atoms with Crippen LogP contribution in [0.5, 0.6) is 0 Å². The zero-order valence-corrected chi connectivity index (χ0v) is 16.8. The van der Waals surface area contributed by atoms with Gasteiger partial charge in [-0.15, -0.1) is 0 Å². The van der Waals surface area contributed by atoms with Crippen molar-refractivity contribution in [1.82, 2.24) is 4.90 Å². The Morgan fingerprint density at radius 3 is 2.00 bits per heavy atom. The maximum atomic E-state index is 9.69. The number of unbranched alkanes of at least 4 members (excludes halogenated alkanes) is 2. The van der Waals surface area contributed by atoms with E-state index in [1.54, 1.807) is 0 Å². The van der Waals surface area contributed by atoms with Crippen LogP contribution in [0.25, 0.3) is 0 Å². The first kappa shape index (κ1) is 17.5. The van der Waals surface area contributed by atoms with Crippen LogP contribution in [-0.2, 0) is 5.41 Å². The Morgan fingerprint density at radius 1 is 0.926 bits per heavy atom. The first-order chi connectivity index (χ1) is 13.8. The predicted octanol–water partition coefficient (Wildman–Crippen LogP) is 6.43. The molecule has 5 rings (SSSR count). The van der Waals surface area contributed by atoms with Crippen molar-refractivity contribution in [3.8, 4) is 0 Å². The zero-order valence-electron chi connectivity index (χ0n) is 17.8. The number of rotatable bonds is 8. The number of hydrogen-bond acceptors (Lipinski definition) is 1. The summed E-state index contributed by atoms with van der Waals surface area (Å²) in [6.45, 7) is 4.66. The van der Waals surface area contributed by atoms with E-state index in [1.807, 2.05) is 0 Å². The van der Waals surface area contributed by atoms with E-state index in [4.69, 9.17) is 0 Å². The van der Waals surface area contributed by atoms with Gasteiger partial charge in [0.25, 0.3) is 0 Å². The van der Waals surface area contributed by atoms with Gasteiger partial charge in [0.2, 0.25) is 0 Å². The standard InChI is InChI=1S/C26H35N/c1-2-3-10-17-26(23-11-6-4-7-12-23,24-13-8-5-9-14-24)21-25-20-22-15-18-27(25)19-16-22/h4-9,11-14,22,25H,2-3,10,15-21H2,1H3/i21T. The Bertz CT molecular complexity index is 681. The van der Waals surface area contributed by atoms with Crippen molar-refractivity contribution >= 4 is 0 Å². The molecule has 2 bridgehead atoms. The highest BCUT2D eigenvalue weighted by molar-refractivity contribution is 5.39. The lowest BCUT2D eigenvalue weighted by atomic mass is 9.65. The van der Waals surface area contributed by atoms with Gasteiger partial charge in [0.15, 0.2) is 0 Å². The first-order valence-electron chi connectivity index (χ1n) is 11.6. The van der Waals surface area contributed by atoms with E-state index in [9.17, 15) is 1.37 Å². The largest absolute Gasteiger partial charge is 0.300 e. The summed E-state index contributed by atoms with van der Waals surface area (Å²) in [6, 6.07) is 22.3. The van der Waals surface area contributed by atoms with Crippen LogP contribution < -0.4 is 0 Å². The SMILES string of the molecule is [3H]C(C1CC2CCN1CC2)C(CCCCC)(c1ccccc1)c1ccccc1. The summed E-state index contributed by atoms with van der Waals surface area (Å²) in [5.41, 5.74) is 2.44. The second-order valence-electron chi connectivity index (χ2n) is 8.61. The second-order valence-corrected chi connectivity index (χ2v) is 8.61. The van der Waals surface area contributed by atoms with Crippen LogP contribution in [0.3, 0.4) is 0 Å². The van der Waals surface area contributed by atoms with Gasteiger partial charge in [-0.1, -0.05) is 86.8 Å². The highest BCUT2D eigenvalue weighted by Gasteiger charge is 2.41. The van der Waals surface area contributed by atoms with Gasteiger partial charge in [-0.3, -0.25) is 0 Å². The van der Waals surface area contributed by atoms with E-state index in [0.29, 0.717) is 6.04 Å². The Kier molecular flexibility index (Phi) is 5.58. The average molecular weight is 364 g/mol. The minimum atomic E-state index is -0.222. The molecule has 2 unspecified atom stereocenters. The van der Waals surface area contributed by atoms with Crippen LogP contribution in [0.15, 0.2) is 60.7 Å². The molecule has 0 aromatic heterocycles. The highest BCUT2D eigenvalue weighted by Crippen LogP contribution is 2.45. The molecule has 3 fully saturated rings. The second kappa shape index (κ2) is 8.61. The Morgan fingerprint density at radius 2 is 1.52 bits per heavy atom. The Balaban J connectivity index is 1.79. The van der Waals surface area contributed by atoms with E-state index >= 15 is 0 Å². The maximum Gasteiger partial charge on any atom is 0.0295 e. The van der Waals surface area contributed by atoms with Crippen molar-refractivity contribution in [3.05, 3.63) is 71.8 Å². The van der Waals surface area contributed by atoms with Crippen molar-refractivity contribution in [2.45, 2.75) is 69.7 Å². The van der Waals surface area contributed by atoms with Gasteiger partial charge < -0.3 is 4.90 Å². The summed E-state index contributed by atoms with van der Waals surface area (Å²) in [5, 5.41) is 0. The maximum absolute atomic E-state index is 9.69. The van der Waals surface area contributed by atoms with Gasteiger partial charge in [-0.05, 0) is 62.2 Å². The third-order valence-electron chi connectivity index (χ3n) is 6.92. The molecule has 2 aromatic carbocycles. The zero-order chi connectivity index (χ0) is 19.4. The molecule has 0 N–H and O–H groups in total. The Hall–Kier alpha value is -1.60. The van der Waals surface area contributed by atoms with Crippen LogP contribution in [-0.4, -0.2) is 24.0 Å². The molecule has 0 amide bonds. The monoisotopic (exact) mass is 363 g/mol. The summed E-state index contributed by atoms with van der Waals surface area (Å²) in [4.78, 5) is 2.64. The molecule has 3 aliphatic heterocycles. The van der Waals surface area contributed by atoms with Crippen molar-refractivity contribution < 1.29 is 1.37 Å². The van der Waals surface area contributed by atoms with Gasteiger partial charge >= 0.3 is 0 Å².